The first kappa shape index (κ1) is 19.7. The van der Waals surface area contributed by atoms with E-state index in [1.54, 1.807) is 7.11 Å². The molecule has 2 aromatic rings. The number of methoxy groups -OCH3 is 3. The van der Waals surface area contributed by atoms with E-state index in [-0.39, 0.29) is 5.97 Å². The first-order valence-electron chi connectivity index (χ1n) is 8.69. The summed E-state index contributed by atoms with van der Waals surface area (Å²) in [5.41, 5.74) is 1.00. The molecule has 0 saturated carbocycles. The number of carbonyl (C=O) groups excluding carboxylic acids is 1. The number of carbonyl (C=O) groups is 1. The largest absolute Gasteiger partial charge is 0.492 e. The lowest BCUT2D eigenvalue weighted by molar-refractivity contribution is -0.134. The standard InChI is InChI=1S/C20H27NO5/c1-7-9-16(22)26-18-15-12-13(21(3)8-2)10-11-14(15)17(23-4)19(24-5)20(18)25-6/h10-12H,7-9H2,1-6H3. The molecule has 0 bridgehead atoms. The Kier molecular flexibility index (Phi) is 6.55. The maximum Gasteiger partial charge on any atom is 0.311 e. The second-order valence-corrected chi connectivity index (χ2v) is 5.90. The third kappa shape index (κ3) is 3.64. The number of hydrogen-bond acceptors (Lipinski definition) is 6. The summed E-state index contributed by atoms with van der Waals surface area (Å²) in [7, 11) is 6.62. The van der Waals surface area contributed by atoms with Gasteiger partial charge in [0.05, 0.1) is 21.3 Å². The quantitative estimate of drug-likeness (QED) is 0.523. The monoisotopic (exact) mass is 361 g/mol. The van der Waals surface area contributed by atoms with E-state index >= 15 is 0 Å². The average molecular weight is 361 g/mol. The zero-order valence-corrected chi connectivity index (χ0v) is 16.3. The van der Waals surface area contributed by atoms with Crippen LogP contribution < -0.4 is 23.8 Å². The summed E-state index contributed by atoms with van der Waals surface area (Å²) in [6.45, 7) is 4.85. The van der Waals surface area contributed by atoms with Crippen LogP contribution in [0.5, 0.6) is 23.0 Å². The minimum atomic E-state index is -0.312. The van der Waals surface area contributed by atoms with Crippen molar-refractivity contribution in [3.05, 3.63) is 18.2 Å². The Hall–Kier alpha value is -2.63. The number of anilines is 1. The number of nitrogens with zero attached hydrogens (tertiary/aromatic N) is 1. The van der Waals surface area contributed by atoms with Crippen LogP contribution in [-0.2, 0) is 4.79 Å². The van der Waals surface area contributed by atoms with Gasteiger partial charge >= 0.3 is 5.97 Å². The molecule has 0 aliphatic heterocycles. The zero-order chi connectivity index (χ0) is 19.3. The molecule has 0 fully saturated rings. The van der Waals surface area contributed by atoms with Crippen LogP contribution in [0.15, 0.2) is 18.2 Å². The van der Waals surface area contributed by atoms with Crippen LogP contribution >= 0.6 is 0 Å². The third-order valence-electron chi connectivity index (χ3n) is 4.31. The molecule has 0 amide bonds. The second-order valence-electron chi connectivity index (χ2n) is 5.90. The highest BCUT2D eigenvalue weighted by molar-refractivity contribution is 6.01. The van der Waals surface area contributed by atoms with Gasteiger partial charge in [0.2, 0.25) is 11.5 Å². The van der Waals surface area contributed by atoms with Crippen LogP contribution in [-0.4, -0.2) is 40.9 Å². The summed E-state index contributed by atoms with van der Waals surface area (Å²) in [5, 5.41) is 1.53. The van der Waals surface area contributed by atoms with Crippen LogP contribution in [0.3, 0.4) is 0 Å². The van der Waals surface area contributed by atoms with Crippen LogP contribution in [0.25, 0.3) is 10.8 Å². The Labute approximate surface area is 154 Å². The Morgan fingerprint density at radius 1 is 0.923 bits per heavy atom. The summed E-state index contributed by atoms with van der Waals surface area (Å²) in [6, 6.07) is 5.91. The highest BCUT2D eigenvalue weighted by Gasteiger charge is 2.25. The van der Waals surface area contributed by atoms with Gasteiger partial charge in [0, 0.05) is 36.5 Å². The molecule has 0 aliphatic carbocycles. The van der Waals surface area contributed by atoms with E-state index in [0.717, 1.165) is 23.0 Å². The number of ether oxygens (including phenoxy) is 4. The molecule has 0 heterocycles. The summed E-state index contributed by atoms with van der Waals surface area (Å²) in [4.78, 5) is 14.3. The van der Waals surface area contributed by atoms with Crippen molar-refractivity contribution in [1.29, 1.82) is 0 Å². The van der Waals surface area contributed by atoms with E-state index in [9.17, 15) is 4.79 Å². The van der Waals surface area contributed by atoms with Gasteiger partial charge in [-0.05, 0) is 31.5 Å². The number of fused-ring (bicyclic) bond motifs is 1. The predicted octanol–water partition coefficient (Wildman–Crippen LogP) is 4.03. The Morgan fingerprint density at radius 2 is 1.54 bits per heavy atom. The molecule has 0 aliphatic rings. The van der Waals surface area contributed by atoms with E-state index in [1.165, 1.54) is 14.2 Å². The van der Waals surface area contributed by atoms with Crippen molar-refractivity contribution >= 4 is 22.4 Å². The molecule has 0 spiro atoms. The molecule has 0 atom stereocenters. The van der Waals surface area contributed by atoms with Gasteiger partial charge in [0.25, 0.3) is 0 Å². The summed E-state index contributed by atoms with van der Waals surface area (Å²) < 4.78 is 22.3. The van der Waals surface area contributed by atoms with Gasteiger partial charge in [0.15, 0.2) is 11.5 Å². The van der Waals surface area contributed by atoms with E-state index < -0.39 is 0 Å². The molecule has 0 aromatic heterocycles. The fourth-order valence-electron chi connectivity index (χ4n) is 2.83. The maximum atomic E-state index is 12.2. The Morgan fingerprint density at radius 3 is 2.08 bits per heavy atom. The van der Waals surface area contributed by atoms with Gasteiger partial charge in [-0.3, -0.25) is 4.79 Å². The minimum absolute atomic E-state index is 0.312. The minimum Gasteiger partial charge on any atom is -0.492 e. The number of benzene rings is 2. The normalized spacial score (nSPS) is 10.5. The third-order valence-corrected chi connectivity index (χ3v) is 4.31. The highest BCUT2D eigenvalue weighted by atomic mass is 16.6. The maximum absolute atomic E-state index is 12.2. The molecule has 0 saturated heterocycles. The van der Waals surface area contributed by atoms with Crippen molar-refractivity contribution in [2.45, 2.75) is 26.7 Å². The van der Waals surface area contributed by atoms with Gasteiger partial charge in [-0.25, -0.2) is 0 Å². The van der Waals surface area contributed by atoms with Crippen molar-refractivity contribution in [2.75, 3.05) is 39.8 Å². The molecule has 0 radical (unpaired) electrons. The molecule has 26 heavy (non-hydrogen) atoms. The molecule has 142 valence electrons. The number of rotatable bonds is 8. The number of esters is 1. The fraction of sp³-hybridized carbons (Fsp3) is 0.450. The molecule has 0 unspecified atom stereocenters. The van der Waals surface area contributed by atoms with E-state index in [1.807, 2.05) is 32.2 Å². The average Bonchev–Trinajstić information content (AvgIpc) is 2.66. The fourth-order valence-corrected chi connectivity index (χ4v) is 2.83. The van der Waals surface area contributed by atoms with Crippen LogP contribution in [0.4, 0.5) is 5.69 Å². The zero-order valence-electron chi connectivity index (χ0n) is 16.3. The van der Waals surface area contributed by atoms with Gasteiger partial charge in [-0.2, -0.15) is 0 Å². The topological polar surface area (TPSA) is 57.2 Å². The van der Waals surface area contributed by atoms with Crippen LogP contribution in [0.1, 0.15) is 26.7 Å². The lowest BCUT2D eigenvalue weighted by Crippen LogP contribution is -2.15. The van der Waals surface area contributed by atoms with Gasteiger partial charge in [-0.15, -0.1) is 0 Å². The summed E-state index contributed by atoms with van der Waals surface area (Å²) >= 11 is 0. The smallest absolute Gasteiger partial charge is 0.311 e. The van der Waals surface area contributed by atoms with Crippen molar-refractivity contribution in [1.82, 2.24) is 0 Å². The Bertz CT molecular complexity index is 788. The molecule has 2 rings (SSSR count). The van der Waals surface area contributed by atoms with Gasteiger partial charge in [-0.1, -0.05) is 6.92 Å². The predicted molar refractivity (Wildman–Crippen MR) is 103 cm³/mol. The first-order chi connectivity index (χ1) is 12.5. The van der Waals surface area contributed by atoms with E-state index in [4.69, 9.17) is 18.9 Å². The molecule has 6 nitrogen and oxygen atoms in total. The lowest BCUT2D eigenvalue weighted by Gasteiger charge is -2.21. The first-order valence-corrected chi connectivity index (χ1v) is 8.69. The lowest BCUT2D eigenvalue weighted by atomic mass is 10.0. The molecule has 2 aromatic carbocycles. The van der Waals surface area contributed by atoms with E-state index in [0.29, 0.717) is 35.8 Å². The van der Waals surface area contributed by atoms with E-state index in [2.05, 4.69) is 11.8 Å². The summed E-state index contributed by atoms with van der Waals surface area (Å²) in [5.74, 6) is 1.33. The van der Waals surface area contributed by atoms with Crippen LogP contribution in [0.2, 0.25) is 0 Å². The highest BCUT2D eigenvalue weighted by Crippen LogP contribution is 2.51. The van der Waals surface area contributed by atoms with Crippen LogP contribution in [0, 0.1) is 0 Å². The Balaban J connectivity index is 2.82. The van der Waals surface area contributed by atoms with Crippen molar-refractivity contribution in [2.24, 2.45) is 0 Å². The van der Waals surface area contributed by atoms with Crippen molar-refractivity contribution < 1.29 is 23.7 Å². The van der Waals surface area contributed by atoms with Crippen molar-refractivity contribution in [3.63, 3.8) is 0 Å². The molecule has 6 heteroatoms. The molecular weight excluding hydrogens is 334 g/mol. The van der Waals surface area contributed by atoms with Crippen molar-refractivity contribution in [3.8, 4) is 23.0 Å². The number of hydrogen-bond donors (Lipinski definition) is 0. The van der Waals surface area contributed by atoms with Gasteiger partial charge in [0.1, 0.15) is 0 Å². The SMILES string of the molecule is CCCC(=O)Oc1c(OC)c(OC)c(OC)c2ccc(N(C)CC)cc12. The molecule has 0 N–H and O–H groups in total. The molecular formula is C20H27NO5. The summed E-state index contributed by atoms with van der Waals surface area (Å²) in [6.07, 6.45) is 1.03. The van der Waals surface area contributed by atoms with Gasteiger partial charge < -0.3 is 23.8 Å². The second kappa shape index (κ2) is 8.65.